The molecule has 154 valence electrons. The second-order valence-corrected chi connectivity index (χ2v) is 5.85. The lowest BCUT2D eigenvalue weighted by molar-refractivity contribution is -0.0514. The number of aliphatic hydroxyl groups is 1. The van der Waals surface area contributed by atoms with E-state index in [1.807, 2.05) is 0 Å². The fraction of sp³-hybridized carbons (Fsp3) is 0.400. The number of nitrogens with one attached hydrogen (secondary N) is 1. The standard InChI is InChI=1S/C20H25F2NO5/c1-4-27-19-9-13(5-7-18(19)28-20(21)22)11-23-12-16(24)15-10-14(25-2)6-8-17(15)26-3/h5-10,16,20,23-24H,4,11-12H2,1-3H3. The molecule has 0 amide bonds. The first-order valence-electron chi connectivity index (χ1n) is 8.79. The molecular weight excluding hydrogens is 372 g/mol. The van der Waals surface area contributed by atoms with Crippen LogP contribution in [0.3, 0.4) is 0 Å². The molecule has 0 aliphatic heterocycles. The smallest absolute Gasteiger partial charge is 0.387 e. The minimum absolute atomic E-state index is 0.0123. The van der Waals surface area contributed by atoms with Crippen molar-refractivity contribution in [3.8, 4) is 23.0 Å². The molecule has 0 bridgehead atoms. The third-order valence-electron chi connectivity index (χ3n) is 3.99. The molecule has 0 fully saturated rings. The lowest BCUT2D eigenvalue weighted by atomic mass is 10.1. The number of alkyl halides is 2. The molecule has 2 N–H and O–H groups in total. The lowest BCUT2D eigenvalue weighted by Gasteiger charge is -2.17. The molecule has 0 heterocycles. The van der Waals surface area contributed by atoms with Gasteiger partial charge < -0.3 is 29.4 Å². The van der Waals surface area contributed by atoms with Crippen LogP contribution in [-0.4, -0.2) is 39.1 Å². The highest BCUT2D eigenvalue weighted by atomic mass is 19.3. The Kier molecular flexibility index (Phi) is 8.28. The summed E-state index contributed by atoms with van der Waals surface area (Å²) in [5, 5.41) is 13.6. The average Bonchev–Trinajstić information content (AvgIpc) is 2.69. The zero-order valence-corrected chi connectivity index (χ0v) is 16.1. The van der Waals surface area contributed by atoms with Gasteiger partial charge in [-0.2, -0.15) is 8.78 Å². The molecule has 0 aliphatic rings. The van der Waals surface area contributed by atoms with Crippen molar-refractivity contribution in [3.05, 3.63) is 47.5 Å². The van der Waals surface area contributed by atoms with Crippen molar-refractivity contribution < 1.29 is 32.8 Å². The van der Waals surface area contributed by atoms with E-state index >= 15 is 0 Å². The second kappa shape index (κ2) is 10.7. The predicted molar refractivity (Wildman–Crippen MR) is 100 cm³/mol. The highest BCUT2D eigenvalue weighted by molar-refractivity contribution is 5.43. The minimum Gasteiger partial charge on any atom is -0.497 e. The maximum absolute atomic E-state index is 12.5. The highest BCUT2D eigenvalue weighted by Gasteiger charge is 2.15. The monoisotopic (exact) mass is 397 g/mol. The molecule has 0 saturated heterocycles. The Morgan fingerprint density at radius 1 is 1.00 bits per heavy atom. The Morgan fingerprint density at radius 3 is 2.39 bits per heavy atom. The van der Waals surface area contributed by atoms with E-state index in [0.717, 1.165) is 5.56 Å². The Labute approximate surface area is 163 Å². The van der Waals surface area contributed by atoms with E-state index in [1.54, 1.807) is 44.4 Å². The summed E-state index contributed by atoms with van der Waals surface area (Å²) in [4.78, 5) is 0. The van der Waals surface area contributed by atoms with Crippen molar-refractivity contribution in [1.29, 1.82) is 0 Å². The van der Waals surface area contributed by atoms with E-state index in [-0.39, 0.29) is 18.0 Å². The quantitative estimate of drug-likeness (QED) is 0.605. The van der Waals surface area contributed by atoms with E-state index in [4.69, 9.17) is 14.2 Å². The Bertz CT molecular complexity index is 757. The Balaban J connectivity index is 2.01. The van der Waals surface area contributed by atoms with Gasteiger partial charge in [0.2, 0.25) is 0 Å². The SMILES string of the molecule is CCOc1cc(CNCC(O)c2cc(OC)ccc2OC)ccc1OC(F)F. The number of aliphatic hydroxyl groups excluding tert-OH is 1. The summed E-state index contributed by atoms with van der Waals surface area (Å²) in [6, 6.07) is 9.93. The molecule has 1 unspecified atom stereocenters. The molecule has 28 heavy (non-hydrogen) atoms. The van der Waals surface area contributed by atoms with Crippen molar-refractivity contribution in [1.82, 2.24) is 5.32 Å². The van der Waals surface area contributed by atoms with Crippen molar-refractivity contribution in [2.75, 3.05) is 27.4 Å². The van der Waals surface area contributed by atoms with E-state index in [0.29, 0.717) is 30.2 Å². The largest absolute Gasteiger partial charge is 0.497 e. The molecule has 0 aromatic heterocycles. The van der Waals surface area contributed by atoms with Crippen molar-refractivity contribution in [2.24, 2.45) is 0 Å². The fourth-order valence-electron chi connectivity index (χ4n) is 2.69. The van der Waals surface area contributed by atoms with E-state index in [9.17, 15) is 13.9 Å². The van der Waals surface area contributed by atoms with Gasteiger partial charge in [-0.3, -0.25) is 0 Å². The summed E-state index contributed by atoms with van der Waals surface area (Å²) in [5.74, 6) is 1.41. The summed E-state index contributed by atoms with van der Waals surface area (Å²) in [6.07, 6.45) is -0.821. The summed E-state index contributed by atoms with van der Waals surface area (Å²) >= 11 is 0. The van der Waals surface area contributed by atoms with Gasteiger partial charge in [0, 0.05) is 18.7 Å². The van der Waals surface area contributed by atoms with Gasteiger partial charge in [0.15, 0.2) is 11.5 Å². The number of halogens is 2. The van der Waals surface area contributed by atoms with Crippen LogP contribution in [0.25, 0.3) is 0 Å². The summed E-state index contributed by atoms with van der Waals surface area (Å²) in [5.41, 5.74) is 1.40. The van der Waals surface area contributed by atoms with Crippen LogP contribution in [0.2, 0.25) is 0 Å². The van der Waals surface area contributed by atoms with Gasteiger partial charge in [0.25, 0.3) is 0 Å². The van der Waals surface area contributed by atoms with E-state index in [2.05, 4.69) is 10.1 Å². The Morgan fingerprint density at radius 2 is 1.75 bits per heavy atom. The number of methoxy groups -OCH3 is 2. The Hall–Kier alpha value is -2.58. The predicted octanol–water partition coefficient (Wildman–Crippen LogP) is 3.53. The third kappa shape index (κ3) is 5.97. The van der Waals surface area contributed by atoms with Crippen molar-refractivity contribution >= 4 is 0 Å². The topological polar surface area (TPSA) is 69.2 Å². The first kappa shape index (κ1) is 21.7. The fourth-order valence-corrected chi connectivity index (χ4v) is 2.69. The molecule has 0 radical (unpaired) electrons. The van der Waals surface area contributed by atoms with Gasteiger partial charge in [0.05, 0.1) is 26.9 Å². The first-order valence-corrected chi connectivity index (χ1v) is 8.79. The van der Waals surface area contributed by atoms with Crippen LogP contribution < -0.4 is 24.3 Å². The average molecular weight is 397 g/mol. The maximum atomic E-state index is 12.5. The number of hydrogen-bond donors (Lipinski definition) is 2. The molecule has 2 aromatic carbocycles. The van der Waals surface area contributed by atoms with Gasteiger partial charge in [0.1, 0.15) is 11.5 Å². The molecule has 0 aliphatic carbocycles. The van der Waals surface area contributed by atoms with Crippen molar-refractivity contribution in [2.45, 2.75) is 26.2 Å². The zero-order valence-electron chi connectivity index (χ0n) is 16.1. The minimum atomic E-state index is -2.92. The second-order valence-electron chi connectivity index (χ2n) is 5.85. The molecule has 6 nitrogen and oxygen atoms in total. The summed E-state index contributed by atoms with van der Waals surface area (Å²) < 4.78 is 45.2. The third-order valence-corrected chi connectivity index (χ3v) is 3.99. The van der Waals surface area contributed by atoms with Crippen LogP contribution >= 0.6 is 0 Å². The van der Waals surface area contributed by atoms with Crippen LogP contribution in [0.1, 0.15) is 24.2 Å². The number of ether oxygens (including phenoxy) is 4. The van der Waals surface area contributed by atoms with Crippen LogP contribution in [-0.2, 0) is 6.54 Å². The van der Waals surface area contributed by atoms with Gasteiger partial charge in [-0.05, 0) is 42.8 Å². The van der Waals surface area contributed by atoms with Crippen molar-refractivity contribution in [3.63, 3.8) is 0 Å². The zero-order chi connectivity index (χ0) is 20.5. The first-order chi connectivity index (χ1) is 13.5. The molecule has 8 heteroatoms. The van der Waals surface area contributed by atoms with Crippen LogP contribution in [0.4, 0.5) is 8.78 Å². The van der Waals surface area contributed by atoms with Gasteiger partial charge in [-0.1, -0.05) is 6.07 Å². The van der Waals surface area contributed by atoms with Crippen LogP contribution in [0.5, 0.6) is 23.0 Å². The molecule has 0 saturated carbocycles. The van der Waals surface area contributed by atoms with E-state index < -0.39 is 12.7 Å². The van der Waals surface area contributed by atoms with Gasteiger partial charge >= 0.3 is 6.61 Å². The molecule has 1 atom stereocenters. The molecule has 2 aromatic rings. The lowest BCUT2D eigenvalue weighted by Crippen LogP contribution is -2.21. The van der Waals surface area contributed by atoms with Crippen LogP contribution in [0, 0.1) is 0 Å². The van der Waals surface area contributed by atoms with Crippen LogP contribution in [0.15, 0.2) is 36.4 Å². The molecular formula is C20H25F2NO5. The van der Waals surface area contributed by atoms with Gasteiger partial charge in [-0.15, -0.1) is 0 Å². The normalized spacial score (nSPS) is 12.0. The number of hydrogen-bond acceptors (Lipinski definition) is 6. The van der Waals surface area contributed by atoms with E-state index in [1.165, 1.54) is 13.2 Å². The number of benzene rings is 2. The number of rotatable bonds is 11. The molecule has 0 spiro atoms. The van der Waals surface area contributed by atoms with Gasteiger partial charge in [-0.25, -0.2) is 0 Å². The summed E-state index contributed by atoms with van der Waals surface area (Å²) in [7, 11) is 3.08. The molecule has 2 rings (SSSR count). The maximum Gasteiger partial charge on any atom is 0.387 e. The highest BCUT2D eigenvalue weighted by Crippen LogP contribution is 2.31. The summed E-state index contributed by atoms with van der Waals surface area (Å²) in [6.45, 7) is -0.183.